The number of hydrogen-bond donors (Lipinski definition) is 2. The van der Waals surface area contributed by atoms with Gasteiger partial charge in [-0.2, -0.15) is 13.2 Å². The molecule has 0 aliphatic carbocycles. The number of rotatable bonds is 18. The Morgan fingerprint density at radius 2 is 1.49 bits per heavy atom. The van der Waals surface area contributed by atoms with Crippen molar-refractivity contribution >= 4 is 29.4 Å². The highest BCUT2D eigenvalue weighted by Gasteiger charge is 2.34. The molecule has 0 aromatic heterocycles. The molecule has 0 saturated carbocycles. The number of halogens is 3. The molecule has 0 aliphatic rings. The van der Waals surface area contributed by atoms with E-state index in [1.54, 1.807) is 36.4 Å². The lowest BCUT2D eigenvalue weighted by atomic mass is 10.0. The number of esters is 1. The van der Waals surface area contributed by atoms with Crippen LogP contribution >= 0.6 is 0 Å². The molecule has 0 bridgehead atoms. The maximum absolute atomic E-state index is 13.6. The maximum atomic E-state index is 13.6. The van der Waals surface area contributed by atoms with Gasteiger partial charge in [-0.3, -0.25) is 14.4 Å². The summed E-state index contributed by atoms with van der Waals surface area (Å²) < 4.78 is 56.8. The quantitative estimate of drug-likeness (QED) is 0.0595. The van der Waals surface area contributed by atoms with Gasteiger partial charge in [0.1, 0.15) is 23.8 Å². The number of anilines is 1. The van der Waals surface area contributed by atoms with Crippen LogP contribution in [-0.2, 0) is 28.7 Å². The summed E-state index contributed by atoms with van der Waals surface area (Å²) in [4.78, 5) is 51.5. The number of hydrogen-bond acceptors (Lipinski definition) is 7. The zero-order valence-corrected chi connectivity index (χ0v) is 29.4. The minimum Gasteiger partial charge on any atom is -0.497 e. The third kappa shape index (κ3) is 12.4. The largest absolute Gasteiger partial charge is 0.497 e. The average Bonchev–Trinajstić information content (AvgIpc) is 3.13. The van der Waals surface area contributed by atoms with Gasteiger partial charge in [-0.05, 0) is 84.3 Å². The van der Waals surface area contributed by atoms with Crippen LogP contribution in [0.3, 0.4) is 0 Å². The lowest BCUT2D eigenvalue weighted by Crippen LogP contribution is -2.35. The molecule has 0 unspecified atom stereocenters. The van der Waals surface area contributed by atoms with Crippen LogP contribution in [0, 0.1) is 0 Å². The fourth-order valence-electron chi connectivity index (χ4n) is 5.38. The molecule has 13 heteroatoms. The Bertz CT molecular complexity index is 1860. The van der Waals surface area contributed by atoms with Gasteiger partial charge in [0.2, 0.25) is 5.91 Å². The van der Waals surface area contributed by atoms with E-state index < -0.39 is 48.5 Å². The predicted molar refractivity (Wildman–Crippen MR) is 191 cm³/mol. The monoisotopic (exact) mass is 734 g/mol. The normalized spacial score (nSPS) is 11.0. The number of carboxylic acid groups (broad SMARTS) is 1. The van der Waals surface area contributed by atoms with Gasteiger partial charge in [0.25, 0.3) is 5.91 Å². The Kier molecular flexibility index (Phi) is 14.4. The number of unbranched alkanes of at least 4 members (excludes halogenated alkanes) is 4. The van der Waals surface area contributed by atoms with E-state index in [0.29, 0.717) is 23.5 Å². The molecule has 10 nitrogen and oxygen atoms in total. The number of ether oxygens (including phenoxy) is 3. The van der Waals surface area contributed by atoms with E-state index in [0.717, 1.165) is 36.6 Å². The molecule has 0 aliphatic heterocycles. The first-order valence-corrected chi connectivity index (χ1v) is 17.0. The maximum Gasteiger partial charge on any atom is 0.416 e. The van der Waals surface area contributed by atoms with Gasteiger partial charge >= 0.3 is 18.1 Å². The molecule has 0 fully saturated rings. The SMILES string of the molecule is CCCCCCCOc1cccc(C(=O)Oc2ccc(CN(CC(=O)O)C(=O)c3ccc(NC(=O)Cc4ccc(OC)cc4C(F)(F)F)cc3)cc2)c1. The second kappa shape index (κ2) is 19.1. The van der Waals surface area contributed by atoms with Gasteiger partial charge in [-0.15, -0.1) is 0 Å². The summed E-state index contributed by atoms with van der Waals surface area (Å²) in [5.74, 6) is -2.34. The number of carboxylic acids is 1. The number of carbonyl (C=O) groups excluding carboxylic acids is 3. The van der Waals surface area contributed by atoms with Gasteiger partial charge in [0, 0.05) is 17.8 Å². The lowest BCUT2D eigenvalue weighted by molar-refractivity contribution is -0.139. The van der Waals surface area contributed by atoms with E-state index in [-0.39, 0.29) is 34.9 Å². The summed E-state index contributed by atoms with van der Waals surface area (Å²) in [7, 11) is 1.24. The van der Waals surface area contributed by atoms with Crippen molar-refractivity contribution in [1.29, 1.82) is 0 Å². The molecular weight excluding hydrogens is 693 g/mol. The molecule has 4 aromatic carbocycles. The Hall–Kier alpha value is -5.85. The van der Waals surface area contributed by atoms with Crippen LogP contribution in [-0.4, -0.2) is 54.0 Å². The summed E-state index contributed by atoms with van der Waals surface area (Å²) in [5, 5.41) is 12.0. The van der Waals surface area contributed by atoms with Crippen LogP contribution in [0.1, 0.15) is 76.4 Å². The molecule has 53 heavy (non-hydrogen) atoms. The molecule has 0 radical (unpaired) electrons. The van der Waals surface area contributed by atoms with Crippen molar-refractivity contribution in [2.75, 3.05) is 25.6 Å². The van der Waals surface area contributed by atoms with Gasteiger partial charge in [0.15, 0.2) is 0 Å². The first-order valence-electron chi connectivity index (χ1n) is 17.0. The van der Waals surface area contributed by atoms with Crippen molar-refractivity contribution in [3.8, 4) is 17.2 Å². The van der Waals surface area contributed by atoms with E-state index in [4.69, 9.17) is 14.2 Å². The highest BCUT2D eigenvalue weighted by atomic mass is 19.4. The first-order chi connectivity index (χ1) is 25.4. The molecule has 4 rings (SSSR count). The Morgan fingerprint density at radius 3 is 2.15 bits per heavy atom. The van der Waals surface area contributed by atoms with Crippen molar-refractivity contribution in [3.63, 3.8) is 0 Å². The van der Waals surface area contributed by atoms with Crippen LogP contribution in [0.4, 0.5) is 18.9 Å². The van der Waals surface area contributed by atoms with Gasteiger partial charge in [-0.25, -0.2) is 4.79 Å². The van der Waals surface area contributed by atoms with Crippen molar-refractivity contribution in [3.05, 3.63) is 119 Å². The van der Waals surface area contributed by atoms with Crippen LogP contribution in [0.25, 0.3) is 0 Å². The highest BCUT2D eigenvalue weighted by Crippen LogP contribution is 2.35. The number of nitrogens with one attached hydrogen (secondary N) is 1. The standard InChI is InChI=1S/C40H41F3N2O8/c1-3-4-5-6-7-21-52-34-10-8-9-30(22-34)39(50)53-32-18-11-27(12-19-32)25-45(26-37(47)48)38(49)28-13-16-31(17-14-28)44-36(46)23-29-15-20-33(51-2)24-35(29)40(41,42)43/h8-20,22,24H,3-7,21,23,25-26H2,1-2H3,(H,44,46)(H,47,48). The summed E-state index contributed by atoms with van der Waals surface area (Å²) in [6.07, 6.45) is 0.260. The first kappa shape index (κ1) is 39.9. The summed E-state index contributed by atoms with van der Waals surface area (Å²) in [6.45, 7) is 2.01. The van der Waals surface area contributed by atoms with Crippen molar-refractivity contribution in [2.24, 2.45) is 0 Å². The van der Waals surface area contributed by atoms with Crippen LogP contribution in [0.2, 0.25) is 0 Å². The second-order valence-corrected chi connectivity index (χ2v) is 12.2. The van der Waals surface area contributed by atoms with Crippen LogP contribution in [0.5, 0.6) is 17.2 Å². The van der Waals surface area contributed by atoms with Gasteiger partial charge in [0.05, 0.1) is 31.3 Å². The zero-order valence-electron chi connectivity index (χ0n) is 29.4. The fraction of sp³-hybridized carbons (Fsp3) is 0.300. The number of carbonyl (C=O) groups is 4. The van der Waals surface area contributed by atoms with Crippen molar-refractivity contribution in [1.82, 2.24) is 4.90 Å². The average molecular weight is 735 g/mol. The van der Waals surface area contributed by atoms with E-state index in [9.17, 15) is 37.5 Å². The van der Waals surface area contributed by atoms with E-state index in [1.165, 1.54) is 62.1 Å². The van der Waals surface area contributed by atoms with Crippen LogP contribution in [0.15, 0.2) is 91.0 Å². The molecule has 0 spiro atoms. The van der Waals surface area contributed by atoms with Gasteiger partial charge < -0.3 is 29.5 Å². The number of methoxy groups -OCH3 is 1. The number of benzene rings is 4. The summed E-state index contributed by atoms with van der Waals surface area (Å²) in [5.41, 5.74) is -0.00875. The lowest BCUT2D eigenvalue weighted by Gasteiger charge is -2.21. The van der Waals surface area contributed by atoms with E-state index in [2.05, 4.69) is 12.2 Å². The number of alkyl halides is 3. The van der Waals surface area contributed by atoms with Gasteiger partial charge in [-0.1, -0.05) is 56.9 Å². The summed E-state index contributed by atoms with van der Waals surface area (Å²) in [6, 6.07) is 21.9. The molecule has 4 aromatic rings. The highest BCUT2D eigenvalue weighted by molar-refractivity contribution is 5.97. The molecule has 0 atom stereocenters. The van der Waals surface area contributed by atoms with E-state index in [1.807, 2.05) is 0 Å². The third-order valence-electron chi connectivity index (χ3n) is 8.10. The third-order valence-corrected chi connectivity index (χ3v) is 8.10. The van der Waals surface area contributed by atoms with Crippen LogP contribution < -0.4 is 19.5 Å². The Labute approximate surface area is 305 Å². The van der Waals surface area contributed by atoms with E-state index >= 15 is 0 Å². The summed E-state index contributed by atoms with van der Waals surface area (Å²) >= 11 is 0. The topological polar surface area (TPSA) is 131 Å². The Balaban J connectivity index is 1.34. The molecule has 0 heterocycles. The molecule has 280 valence electrons. The molecular formula is C40H41F3N2O8. The number of nitrogens with zero attached hydrogens (tertiary/aromatic N) is 1. The number of aliphatic carboxylic acids is 1. The second-order valence-electron chi connectivity index (χ2n) is 12.2. The molecule has 0 saturated heterocycles. The van der Waals surface area contributed by atoms with Crippen molar-refractivity contribution in [2.45, 2.75) is 58.2 Å². The fourth-order valence-corrected chi connectivity index (χ4v) is 5.38. The minimum atomic E-state index is -4.70. The minimum absolute atomic E-state index is 0.00310. The Morgan fingerprint density at radius 1 is 0.792 bits per heavy atom. The smallest absolute Gasteiger partial charge is 0.416 e. The molecule has 2 amide bonds. The number of amides is 2. The predicted octanol–water partition coefficient (Wildman–Crippen LogP) is 8.19. The molecule has 2 N–H and O–H groups in total. The zero-order chi connectivity index (χ0) is 38.4. The van der Waals surface area contributed by atoms with Crippen molar-refractivity contribution < 1.29 is 51.7 Å².